The SMILES string of the molecule is C[C@@H]1C[C@H](N)C[C@H](c2ccncc2CC(=O)c2ccc(F)c3cc(N4C[C@H](C)C[C@@H]4C)cnc23)C1. The maximum atomic E-state index is 14.9. The molecule has 1 aliphatic carbocycles. The van der Waals surface area contributed by atoms with Gasteiger partial charge in [-0.25, -0.2) is 4.39 Å². The van der Waals surface area contributed by atoms with Crippen molar-refractivity contribution in [2.45, 2.75) is 70.9 Å². The van der Waals surface area contributed by atoms with Gasteiger partial charge in [0, 0.05) is 48.4 Å². The molecule has 5 atom stereocenters. The number of carbonyl (C=O) groups is 1. The third-order valence-electron chi connectivity index (χ3n) is 7.91. The van der Waals surface area contributed by atoms with E-state index in [0.29, 0.717) is 40.3 Å². The van der Waals surface area contributed by atoms with Crippen LogP contribution in [0.15, 0.2) is 42.9 Å². The van der Waals surface area contributed by atoms with Crippen molar-refractivity contribution in [2.75, 3.05) is 11.4 Å². The molecule has 5 rings (SSSR count). The highest BCUT2D eigenvalue weighted by molar-refractivity contribution is 6.08. The van der Waals surface area contributed by atoms with Crippen LogP contribution in [0.2, 0.25) is 0 Å². The van der Waals surface area contributed by atoms with Gasteiger partial charge in [-0.15, -0.1) is 0 Å². The van der Waals surface area contributed by atoms with Crippen LogP contribution in [0.1, 0.15) is 73.9 Å². The third-order valence-corrected chi connectivity index (χ3v) is 7.91. The number of hydrogen-bond donors (Lipinski definition) is 1. The van der Waals surface area contributed by atoms with E-state index in [0.717, 1.165) is 49.0 Å². The number of nitrogens with two attached hydrogens (primary N) is 1. The largest absolute Gasteiger partial charge is 0.367 e. The van der Waals surface area contributed by atoms with Crippen molar-refractivity contribution in [2.24, 2.45) is 17.6 Å². The molecule has 0 unspecified atom stereocenters. The molecule has 1 aromatic carbocycles. The Balaban J connectivity index is 1.45. The molecule has 1 saturated carbocycles. The molecule has 0 radical (unpaired) electrons. The van der Waals surface area contributed by atoms with Crippen molar-refractivity contribution in [1.29, 1.82) is 0 Å². The topological polar surface area (TPSA) is 72.1 Å². The summed E-state index contributed by atoms with van der Waals surface area (Å²) in [6.45, 7) is 7.60. The Kier molecular flexibility index (Phi) is 6.58. The molecule has 3 heterocycles. The zero-order valence-electron chi connectivity index (χ0n) is 20.9. The summed E-state index contributed by atoms with van der Waals surface area (Å²) in [6, 6.07) is 7.41. The lowest BCUT2D eigenvalue weighted by Crippen LogP contribution is -2.31. The van der Waals surface area contributed by atoms with E-state index in [1.54, 1.807) is 24.7 Å². The van der Waals surface area contributed by atoms with Crippen LogP contribution in [0, 0.1) is 17.7 Å². The molecule has 2 aromatic heterocycles. The van der Waals surface area contributed by atoms with Crippen LogP contribution in [-0.2, 0) is 6.42 Å². The quantitative estimate of drug-likeness (QED) is 0.483. The average molecular weight is 475 g/mol. The Bertz CT molecular complexity index is 1230. The van der Waals surface area contributed by atoms with E-state index in [9.17, 15) is 9.18 Å². The molecule has 6 heteroatoms. The summed E-state index contributed by atoms with van der Waals surface area (Å²) < 4.78 is 14.9. The number of aromatic nitrogens is 2. The predicted octanol–water partition coefficient (Wildman–Crippen LogP) is 5.66. The first kappa shape index (κ1) is 23.9. The Morgan fingerprint density at radius 3 is 2.66 bits per heavy atom. The van der Waals surface area contributed by atoms with Crippen molar-refractivity contribution in [3.8, 4) is 0 Å². The second-order valence-electron chi connectivity index (χ2n) is 11.0. The van der Waals surface area contributed by atoms with E-state index >= 15 is 0 Å². The zero-order valence-corrected chi connectivity index (χ0v) is 20.9. The summed E-state index contributed by atoms with van der Waals surface area (Å²) in [5.41, 5.74) is 10.2. The van der Waals surface area contributed by atoms with Crippen molar-refractivity contribution in [3.05, 3.63) is 65.4 Å². The van der Waals surface area contributed by atoms with Crippen LogP contribution >= 0.6 is 0 Å². The highest BCUT2D eigenvalue weighted by atomic mass is 19.1. The molecule has 1 aliphatic heterocycles. The number of hydrogen-bond acceptors (Lipinski definition) is 5. The zero-order chi connectivity index (χ0) is 24.7. The van der Waals surface area contributed by atoms with Crippen molar-refractivity contribution in [1.82, 2.24) is 9.97 Å². The lowest BCUT2D eigenvalue weighted by molar-refractivity contribution is 0.0994. The molecule has 0 amide bonds. The fraction of sp³-hybridized carbons (Fsp3) is 0.483. The second-order valence-corrected chi connectivity index (χ2v) is 11.0. The first-order valence-electron chi connectivity index (χ1n) is 12.9. The number of pyridine rings is 2. The molecule has 2 fully saturated rings. The van der Waals surface area contributed by atoms with Gasteiger partial charge >= 0.3 is 0 Å². The minimum absolute atomic E-state index is 0.0687. The lowest BCUT2D eigenvalue weighted by atomic mass is 9.75. The van der Waals surface area contributed by atoms with Gasteiger partial charge in [-0.1, -0.05) is 13.8 Å². The van der Waals surface area contributed by atoms with Gasteiger partial charge in [0.2, 0.25) is 0 Å². The van der Waals surface area contributed by atoms with Gasteiger partial charge in [0.1, 0.15) is 5.82 Å². The molecule has 0 spiro atoms. The standard InChI is InChI=1S/C29H35FN4O/c1-17-9-20(11-22(31)10-17)24-6-7-32-14-21(24)12-28(35)25-4-5-27(30)26-13-23(15-33-29(25)26)34-16-18(2)8-19(34)3/h4-7,13-15,17-20,22H,8-12,16,31H2,1-3H3/t17-,18+,19-,20+,22-/m0/s1. The Labute approximate surface area is 206 Å². The average Bonchev–Trinajstić information content (AvgIpc) is 3.16. The lowest BCUT2D eigenvalue weighted by Gasteiger charge is -2.32. The summed E-state index contributed by atoms with van der Waals surface area (Å²) in [6.07, 6.45) is 9.73. The number of anilines is 1. The molecule has 2 aliphatic rings. The number of benzene rings is 1. The van der Waals surface area contributed by atoms with Gasteiger partial charge < -0.3 is 10.6 Å². The molecule has 2 N–H and O–H groups in total. The minimum atomic E-state index is -0.349. The van der Waals surface area contributed by atoms with Crippen LogP contribution in [0.5, 0.6) is 0 Å². The summed E-state index contributed by atoms with van der Waals surface area (Å²) in [5.74, 6) is 1.06. The predicted molar refractivity (Wildman–Crippen MR) is 138 cm³/mol. The summed E-state index contributed by atoms with van der Waals surface area (Å²) in [5, 5.41) is 0.401. The number of Topliss-reactive ketones (excluding diaryl/α,β-unsaturated/α-hetero) is 1. The summed E-state index contributed by atoms with van der Waals surface area (Å²) >= 11 is 0. The second kappa shape index (κ2) is 9.65. The number of fused-ring (bicyclic) bond motifs is 1. The molecule has 5 nitrogen and oxygen atoms in total. The highest BCUT2D eigenvalue weighted by Crippen LogP contribution is 2.37. The Morgan fingerprint density at radius 1 is 1.09 bits per heavy atom. The fourth-order valence-corrected chi connectivity index (χ4v) is 6.38. The number of ketones is 1. The fourth-order valence-electron chi connectivity index (χ4n) is 6.38. The molecular formula is C29H35FN4O. The number of carbonyl (C=O) groups excluding carboxylic acids is 1. The third kappa shape index (κ3) is 4.81. The van der Waals surface area contributed by atoms with Gasteiger partial charge in [-0.3, -0.25) is 14.8 Å². The van der Waals surface area contributed by atoms with Crippen molar-refractivity contribution in [3.63, 3.8) is 0 Å². The van der Waals surface area contributed by atoms with E-state index in [-0.39, 0.29) is 24.1 Å². The molecular weight excluding hydrogens is 439 g/mol. The van der Waals surface area contributed by atoms with Crippen LogP contribution in [0.25, 0.3) is 10.9 Å². The Hall–Kier alpha value is -2.86. The van der Waals surface area contributed by atoms with E-state index in [2.05, 4.69) is 35.6 Å². The first-order valence-corrected chi connectivity index (χ1v) is 12.9. The first-order chi connectivity index (χ1) is 16.8. The van der Waals surface area contributed by atoms with Crippen LogP contribution in [0.3, 0.4) is 0 Å². The molecule has 1 saturated heterocycles. The van der Waals surface area contributed by atoms with Crippen LogP contribution in [0.4, 0.5) is 10.1 Å². The van der Waals surface area contributed by atoms with Crippen LogP contribution in [-0.4, -0.2) is 34.4 Å². The van der Waals surface area contributed by atoms with E-state index < -0.39 is 0 Å². The van der Waals surface area contributed by atoms with E-state index in [4.69, 9.17) is 5.73 Å². The summed E-state index contributed by atoms with van der Waals surface area (Å²) in [4.78, 5) is 24.7. The van der Waals surface area contributed by atoms with Crippen molar-refractivity contribution < 1.29 is 9.18 Å². The molecule has 3 aromatic rings. The van der Waals surface area contributed by atoms with E-state index in [1.165, 1.54) is 6.07 Å². The normalized spacial score (nSPS) is 26.9. The number of nitrogens with zero attached hydrogens (tertiary/aromatic N) is 3. The van der Waals surface area contributed by atoms with Gasteiger partial charge in [0.15, 0.2) is 5.78 Å². The van der Waals surface area contributed by atoms with E-state index in [1.807, 2.05) is 12.1 Å². The summed E-state index contributed by atoms with van der Waals surface area (Å²) in [7, 11) is 0. The van der Waals surface area contributed by atoms with Crippen LogP contribution < -0.4 is 10.6 Å². The number of rotatable bonds is 5. The smallest absolute Gasteiger partial charge is 0.169 e. The van der Waals surface area contributed by atoms with Gasteiger partial charge in [-0.05, 0) is 85.8 Å². The monoisotopic (exact) mass is 474 g/mol. The maximum Gasteiger partial charge on any atom is 0.169 e. The minimum Gasteiger partial charge on any atom is -0.367 e. The van der Waals surface area contributed by atoms with Crippen molar-refractivity contribution >= 4 is 22.4 Å². The molecule has 184 valence electrons. The molecule has 0 bridgehead atoms. The van der Waals surface area contributed by atoms with Gasteiger partial charge in [0.05, 0.1) is 17.4 Å². The molecule has 35 heavy (non-hydrogen) atoms. The van der Waals surface area contributed by atoms with Gasteiger partial charge in [-0.2, -0.15) is 0 Å². The van der Waals surface area contributed by atoms with Gasteiger partial charge in [0.25, 0.3) is 0 Å². The Morgan fingerprint density at radius 2 is 1.91 bits per heavy atom. The maximum absolute atomic E-state index is 14.9. The number of halogens is 1. The highest BCUT2D eigenvalue weighted by Gasteiger charge is 2.29.